The van der Waals surface area contributed by atoms with Gasteiger partial charge in [-0.2, -0.15) is 0 Å². The summed E-state index contributed by atoms with van der Waals surface area (Å²) in [6, 6.07) is 14.6. The van der Waals surface area contributed by atoms with Gasteiger partial charge in [0.25, 0.3) is 0 Å². The lowest BCUT2D eigenvalue weighted by molar-refractivity contribution is -0.142. The molecule has 0 saturated heterocycles. The smallest absolute Gasteiger partial charge is 0.307 e. The predicted octanol–water partition coefficient (Wildman–Crippen LogP) is 3.91. The topological polar surface area (TPSA) is 103 Å². The molecule has 176 valence electrons. The molecule has 0 fully saturated rings. The number of Topliss-reactive ketones (excluding diaryl/α,β-unsaturated/α-hetero) is 1. The summed E-state index contributed by atoms with van der Waals surface area (Å²) in [6.07, 6.45) is 9.77. The first kappa shape index (κ1) is 25.1. The summed E-state index contributed by atoms with van der Waals surface area (Å²) >= 11 is 1.70. The quantitative estimate of drug-likeness (QED) is 0.378. The van der Waals surface area contributed by atoms with E-state index in [0.717, 1.165) is 22.9 Å². The highest BCUT2D eigenvalue weighted by molar-refractivity contribution is 7.07. The Morgan fingerprint density at radius 3 is 2.44 bits per heavy atom. The van der Waals surface area contributed by atoms with Gasteiger partial charge in [0.1, 0.15) is 0 Å². The number of carbonyl (C=O) groups excluding carboxylic acids is 1. The molecule has 0 amide bonds. The molecule has 4 rings (SSSR count). The lowest BCUT2D eigenvalue weighted by atomic mass is 9.94. The number of rotatable bonds is 8. The van der Waals surface area contributed by atoms with E-state index in [0.29, 0.717) is 24.3 Å². The number of aromatic nitrogens is 1. The minimum Gasteiger partial charge on any atom is -0.481 e. The van der Waals surface area contributed by atoms with Crippen LogP contribution in [0.5, 0.6) is 0 Å². The highest BCUT2D eigenvalue weighted by Crippen LogP contribution is 2.22. The Balaban J connectivity index is 0.000000266. The number of aliphatic carboxylic acids is 1. The number of anilines is 1. The number of methoxy groups -OCH3 is 1. The number of ether oxygens (including phenoxy) is 1. The summed E-state index contributed by atoms with van der Waals surface area (Å²) in [6.45, 7) is 0.320. The number of carboxylic acid groups (broad SMARTS) is 1. The molecular weight excluding hydrogens is 448 g/mol. The summed E-state index contributed by atoms with van der Waals surface area (Å²) in [4.78, 5) is 27.7. The highest BCUT2D eigenvalue weighted by atomic mass is 32.1. The van der Waals surface area contributed by atoms with Gasteiger partial charge in [0.2, 0.25) is 0 Å². The van der Waals surface area contributed by atoms with Gasteiger partial charge in [-0.15, -0.1) is 11.3 Å². The van der Waals surface area contributed by atoms with E-state index in [1.165, 1.54) is 11.6 Å². The molecule has 0 saturated carbocycles. The predicted molar refractivity (Wildman–Crippen MR) is 137 cm³/mol. The van der Waals surface area contributed by atoms with Gasteiger partial charge in [0.15, 0.2) is 5.78 Å². The van der Waals surface area contributed by atoms with Gasteiger partial charge in [0, 0.05) is 31.4 Å². The zero-order chi connectivity index (χ0) is 24.3. The van der Waals surface area contributed by atoms with Crippen LogP contribution in [0.1, 0.15) is 29.6 Å². The number of allylic oxidation sites excluding steroid dienone is 2. The fourth-order valence-corrected chi connectivity index (χ4v) is 4.11. The van der Waals surface area contributed by atoms with Crippen molar-refractivity contribution in [2.45, 2.75) is 19.3 Å². The number of nitrogens with zero attached hydrogens (tertiary/aromatic N) is 1. The molecule has 0 radical (unpaired) electrons. The van der Waals surface area contributed by atoms with Crippen LogP contribution in [0, 0.1) is 5.92 Å². The maximum atomic E-state index is 12.3. The molecule has 3 aromatic rings. The average Bonchev–Trinajstić information content (AvgIpc) is 3.18. The zero-order valence-corrected chi connectivity index (χ0v) is 19.8. The highest BCUT2D eigenvalue weighted by Gasteiger charge is 2.21. The number of nitrogens with two attached hydrogens (primary N) is 1. The van der Waals surface area contributed by atoms with Crippen LogP contribution >= 0.6 is 11.3 Å². The van der Waals surface area contributed by atoms with Crippen LogP contribution in [-0.2, 0) is 9.53 Å². The van der Waals surface area contributed by atoms with Crippen molar-refractivity contribution in [3.63, 3.8) is 0 Å². The van der Waals surface area contributed by atoms with Crippen LogP contribution in [0.3, 0.4) is 0 Å². The van der Waals surface area contributed by atoms with Crippen molar-refractivity contribution < 1.29 is 19.4 Å². The summed E-state index contributed by atoms with van der Waals surface area (Å²) in [5.41, 5.74) is 10.7. The van der Waals surface area contributed by atoms with E-state index in [9.17, 15) is 14.7 Å². The fourth-order valence-electron chi connectivity index (χ4n) is 3.39. The van der Waals surface area contributed by atoms with Crippen molar-refractivity contribution in [3.8, 4) is 11.1 Å². The molecule has 1 aliphatic carbocycles. The van der Waals surface area contributed by atoms with Crippen molar-refractivity contribution in [3.05, 3.63) is 81.6 Å². The standard InChI is InChI=1S/C19H21NO4.C8H7NS/c1-24-11-10-16(19(22)23)12-18(21)15-4-2-13(3-5-15)14-6-8-17(20)9-7-14;1-2-4-7-8(5-3-1)10-6-9-7/h2-9,16H,10-12,20H2,1H3,(H,22,23);1-2,4-6H,3H2. The molecule has 3 N–H and O–H groups in total. The van der Waals surface area contributed by atoms with Gasteiger partial charge in [-0.3, -0.25) is 9.59 Å². The lowest BCUT2D eigenvalue weighted by Gasteiger charge is -2.11. The second-order valence-corrected chi connectivity index (χ2v) is 8.67. The summed E-state index contributed by atoms with van der Waals surface area (Å²) < 4.78 is 6.20. The zero-order valence-electron chi connectivity index (χ0n) is 19.0. The van der Waals surface area contributed by atoms with Crippen LogP contribution in [0.4, 0.5) is 5.69 Å². The van der Waals surface area contributed by atoms with E-state index in [2.05, 4.69) is 29.3 Å². The SMILES string of the molecule is C1=CCC=c2scnc2=C1.COCCC(CC(=O)c1ccc(-c2ccc(N)cc2)cc1)C(=O)O. The van der Waals surface area contributed by atoms with Crippen molar-refractivity contribution in [1.29, 1.82) is 0 Å². The Kier molecular flexibility index (Phi) is 9.31. The van der Waals surface area contributed by atoms with Gasteiger partial charge >= 0.3 is 5.97 Å². The molecule has 1 aromatic heterocycles. The number of benzene rings is 2. The van der Waals surface area contributed by atoms with Gasteiger partial charge < -0.3 is 15.6 Å². The molecule has 7 heteroatoms. The first-order valence-electron chi connectivity index (χ1n) is 11.0. The minimum atomic E-state index is -0.973. The molecule has 34 heavy (non-hydrogen) atoms. The van der Waals surface area contributed by atoms with Gasteiger partial charge in [-0.25, -0.2) is 4.98 Å². The maximum Gasteiger partial charge on any atom is 0.307 e. The number of ketones is 1. The normalized spacial score (nSPS) is 12.7. The summed E-state index contributed by atoms with van der Waals surface area (Å²) in [7, 11) is 1.51. The van der Waals surface area contributed by atoms with E-state index < -0.39 is 11.9 Å². The first-order chi connectivity index (χ1) is 16.5. The van der Waals surface area contributed by atoms with E-state index in [1.54, 1.807) is 23.5 Å². The second-order valence-electron chi connectivity index (χ2n) is 7.78. The fraction of sp³-hybridized carbons (Fsp3) is 0.222. The Hall–Kier alpha value is -3.55. The van der Waals surface area contributed by atoms with Crippen molar-refractivity contribution in [2.24, 2.45) is 5.92 Å². The average molecular weight is 477 g/mol. The number of carboxylic acids is 1. The number of thiazole rings is 1. The largest absolute Gasteiger partial charge is 0.481 e. The van der Waals surface area contributed by atoms with Crippen LogP contribution in [-0.4, -0.2) is 35.6 Å². The number of hydrogen-bond donors (Lipinski definition) is 2. The molecule has 1 atom stereocenters. The van der Waals surface area contributed by atoms with Crippen molar-refractivity contribution >= 4 is 40.9 Å². The van der Waals surface area contributed by atoms with Gasteiger partial charge in [-0.05, 0) is 42.2 Å². The third kappa shape index (κ3) is 7.23. The van der Waals surface area contributed by atoms with E-state index in [-0.39, 0.29) is 12.2 Å². The second kappa shape index (κ2) is 12.6. The monoisotopic (exact) mass is 476 g/mol. The van der Waals surface area contributed by atoms with E-state index in [1.807, 2.05) is 41.9 Å². The number of nitrogen functional groups attached to an aromatic ring is 1. The number of hydrogen-bond acceptors (Lipinski definition) is 6. The molecular formula is C27H28N2O4S. The van der Waals surface area contributed by atoms with Crippen LogP contribution < -0.4 is 15.6 Å². The van der Waals surface area contributed by atoms with E-state index in [4.69, 9.17) is 10.5 Å². The Bertz CT molecular complexity index is 1250. The molecule has 0 spiro atoms. The molecule has 1 heterocycles. The van der Waals surface area contributed by atoms with Crippen molar-refractivity contribution in [2.75, 3.05) is 19.5 Å². The molecule has 1 unspecified atom stereocenters. The Morgan fingerprint density at radius 2 is 1.79 bits per heavy atom. The van der Waals surface area contributed by atoms with Crippen molar-refractivity contribution in [1.82, 2.24) is 4.98 Å². The van der Waals surface area contributed by atoms with Crippen LogP contribution in [0.2, 0.25) is 0 Å². The summed E-state index contributed by atoms with van der Waals surface area (Å²) in [5.74, 6) is -1.88. The van der Waals surface area contributed by atoms with Gasteiger partial charge in [0.05, 0.1) is 21.3 Å². The minimum absolute atomic E-state index is 0.0279. The third-order valence-electron chi connectivity index (χ3n) is 5.36. The molecule has 2 aromatic carbocycles. The summed E-state index contributed by atoms with van der Waals surface area (Å²) in [5, 5.41) is 10.3. The van der Waals surface area contributed by atoms with Gasteiger partial charge in [-0.1, -0.05) is 54.6 Å². The Morgan fingerprint density at radius 1 is 1.12 bits per heavy atom. The number of carbonyl (C=O) groups is 2. The number of fused-ring (bicyclic) bond motifs is 1. The van der Waals surface area contributed by atoms with E-state index >= 15 is 0 Å². The Labute approximate surface area is 202 Å². The maximum absolute atomic E-state index is 12.3. The molecule has 0 aliphatic heterocycles. The molecule has 6 nitrogen and oxygen atoms in total. The first-order valence-corrected chi connectivity index (χ1v) is 11.8. The lowest BCUT2D eigenvalue weighted by Crippen LogP contribution is -2.19. The molecule has 0 bridgehead atoms. The van der Waals surface area contributed by atoms with Crippen LogP contribution in [0.15, 0.2) is 66.2 Å². The molecule has 1 aliphatic rings. The third-order valence-corrected chi connectivity index (χ3v) is 6.20. The van der Waals surface area contributed by atoms with Crippen LogP contribution in [0.25, 0.3) is 23.3 Å².